The van der Waals surface area contributed by atoms with Gasteiger partial charge in [0.2, 0.25) is 0 Å². The van der Waals surface area contributed by atoms with E-state index in [4.69, 9.17) is 4.74 Å². The molecular weight excluding hydrogens is 399 g/mol. The highest BCUT2D eigenvalue weighted by Gasteiger charge is 2.11. The van der Waals surface area contributed by atoms with Crippen LogP contribution < -0.4 is 10.1 Å². The number of benzene rings is 2. The lowest BCUT2D eigenvalue weighted by Gasteiger charge is -2.10. The summed E-state index contributed by atoms with van der Waals surface area (Å²) in [6.07, 6.45) is 1.72. The van der Waals surface area contributed by atoms with E-state index in [1.54, 1.807) is 6.20 Å². The summed E-state index contributed by atoms with van der Waals surface area (Å²) in [7, 11) is 0. The molecule has 0 unspecified atom stereocenters. The molecule has 1 aromatic heterocycles. The van der Waals surface area contributed by atoms with Gasteiger partial charge in [0, 0.05) is 17.2 Å². The molecular formula is C20H16BrFN2O2. The topological polar surface area (TPSA) is 51.2 Å². The van der Waals surface area contributed by atoms with Crippen molar-refractivity contribution < 1.29 is 13.9 Å². The van der Waals surface area contributed by atoms with Crippen LogP contribution in [-0.2, 0) is 13.2 Å². The largest absolute Gasteiger partial charge is 0.487 e. The van der Waals surface area contributed by atoms with Crippen molar-refractivity contribution in [3.8, 4) is 5.75 Å². The predicted molar refractivity (Wildman–Crippen MR) is 100 cm³/mol. The van der Waals surface area contributed by atoms with Gasteiger partial charge < -0.3 is 10.1 Å². The molecule has 0 bridgehead atoms. The minimum absolute atomic E-state index is 0.257. The second-order valence-electron chi connectivity index (χ2n) is 5.56. The molecule has 0 atom stereocenters. The number of aromatic nitrogens is 1. The quantitative estimate of drug-likeness (QED) is 0.646. The van der Waals surface area contributed by atoms with Gasteiger partial charge in [-0.1, -0.05) is 18.2 Å². The summed E-state index contributed by atoms with van der Waals surface area (Å²) in [6, 6.07) is 17.1. The van der Waals surface area contributed by atoms with E-state index in [-0.39, 0.29) is 11.5 Å². The molecule has 0 radical (unpaired) electrons. The van der Waals surface area contributed by atoms with Gasteiger partial charge in [0.1, 0.15) is 18.2 Å². The first-order chi connectivity index (χ1) is 12.6. The molecule has 3 rings (SSSR count). The number of nitrogens with zero attached hydrogens (tertiary/aromatic N) is 1. The molecule has 1 amide bonds. The number of ether oxygens (including phenoxy) is 1. The van der Waals surface area contributed by atoms with Gasteiger partial charge in [0.05, 0.1) is 11.3 Å². The second kappa shape index (κ2) is 8.58. The highest BCUT2D eigenvalue weighted by atomic mass is 79.9. The van der Waals surface area contributed by atoms with E-state index in [0.29, 0.717) is 23.4 Å². The standard InChI is InChI=1S/C20H16BrFN2O2/c21-19-8-7-15(22)11-18(19)20(25)24-12-14-4-3-6-17(10-14)26-13-16-5-1-2-9-23-16/h1-11H,12-13H2,(H,24,25). The average Bonchev–Trinajstić information content (AvgIpc) is 2.67. The number of carbonyl (C=O) groups excluding carboxylic acids is 1. The van der Waals surface area contributed by atoms with Crippen molar-refractivity contribution in [1.82, 2.24) is 10.3 Å². The highest BCUT2D eigenvalue weighted by molar-refractivity contribution is 9.10. The smallest absolute Gasteiger partial charge is 0.252 e. The zero-order chi connectivity index (χ0) is 18.4. The molecule has 0 saturated carbocycles. The zero-order valence-electron chi connectivity index (χ0n) is 13.8. The number of hydrogen-bond acceptors (Lipinski definition) is 3. The molecule has 0 aliphatic rings. The molecule has 0 saturated heterocycles. The third-order valence-electron chi connectivity index (χ3n) is 3.64. The molecule has 1 N–H and O–H groups in total. The van der Waals surface area contributed by atoms with E-state index in [2.05, 4.69) is 26.2 Å². The van der Waals surface area contributed by atoms with Gasteiger partial charge in [0.15, 0.2) is 0 Å². The Labute approximate surface area is 159 Å². The van der Waals surface area contributed by atoms with Crippen molar-refractivity contribution >= 4 is 21.8 Å². The normalized spacial score (nSPS) is 10.4. The van der Waals surface area contributed by atoms with Gasteiger partial charge in [-0.3, -0.25) is 9.78 Å². The van der Waals surface area contributed by atoms with Gasteiger partial charge in [-0.2, -0.15) is 0 Å². The molecule has 0 fully saturated rings. The number of halogens is 2. The maximum Gasteiger partial charge on any atom is 0.252 e. The number of rotatable bonds is 6. The van der Waals surface area contributed by atoms with E-state index in [0.717, 1.165) is 11.3 Å². The Morgan fingerprint density at radius 1 is 1.12 bits per heavy atom. The first-order valence-electron chi connectivity index (χ1n) is 7.97. The van der Waals surface area contributed by atoms with E-state index in [1.165, 1.54) is 18.2 Å². The summed E-state index contributed by atoms with van der Waals surface area (Å²) in [5, 5.41) is 2.78. The summed E-state index contributed by atoms with van der Waals surface area (Å²) in [5.74, 6) is -0.117. The minimum atomic E-state index is -0.455. The fourth-order valence-electron chi connectivity index (χ4n) is 2.34. The monoisotopic (exact) mass is 414 g/mol. The number of pyridine rings is 1. The van der Waals surface area contributed by atoms with Gasteiger partial charge in [0.25, 0.3) is 5.91 Å². The van der Waals surface area contributed by atoms with Crippen molar-refractivity contribution in [2.75, 3.05) is 0 Å². The molecule has 0 aliphatic heterocycles. The number of carbonyl (C=O) groups is 1. The Morgan fingerprint density at radius 2 is 2.00 bits per heavy atom. The van der Waals surface area contributed by atoms with Crippen molar-refractivity contribution in [2.24, 2.45) is 0 Å². The fourth-order valence-corrected chi connectivity index (χ4v) is 2.76. The minimum Gasteiger partial charge on any atom is -0.487 e. The second-order valence-corrected chi connectivity index (χ2v) is 6.42. The van der Waals surface area contributed by atoms with Gasteiger partial charge in [-0.05, 0) is 64.0 Å². The van der Waals surface area contributed by atoms with Crippen LogP contribution in [0.2, 0.25) is 0 Å². The summed E-state index contributed by atoms with van der Waals surface area (Å²) >= 11 is 3.26. The van der Waals surface area contributed by atoms with Crippen LogP contribution in [0.3, 0.4) is 0 Å². The maximum absolute atomic E-state index is 13.3. The Hall–Kier alpha value is -2.73. The molecule has 4 nitrogen and oxygen atoms in total. The third kappa shape index (κ3) is 4.89. The molecule has 1 heterocycles. The predicted octanol–water partition coefficient (Wildman–Crippen LogP) is 4.49. The van der Waals surface area contributed by atoms with Crippen LogP contribution in [0.15, 0.2) is 71.3 Å². The summed E-state index contributed by atoms with van der Waals surface area (Å²) < 4.78 is 19.6. The van der Waals surface area contributed by atoms with E-state index in [1.807, 2.05) is 42.5 Å². The van der Waals surface area contributed by atoms with Crippen LogP contribution in [0, 0.1) is 5.82 Å². The van der Waals surface area contributed by atoms with Crippen LogP contribution in [0.25, 0.3) is 0 Å². The molecule has 2 aromatic carbocycles. The summed E-state index contributed by atoms with van der Waals surface area (Å²) in [4.78, 5) is 16.4. The van der Waals surface area contributed by atoms with Gasteiger partial charge in [-0.25, -0.2) is 4.39 Å². The van der Waals surface area contributed by atoms with Crippen LogP contribution in [0.5, 0.6) is 5.75 Å². The van der Waals surface area contributed by atoms with Crippen LogP contribution >= 0.6 is 15.9 Å². The van der Waals surface area contributed by atoms with Crippen molar-refractivity contribution in [1.29, 1.82) is 0 Å². The first kappa shape index (κ1) is 18.1. The summed E-state index contributed by atoms with van der Waals surface area (Å²) in [5.41, 5.74) is 1.97. The maximum atomic E-state index is 13.3. The van der Waals surface area contributed by atoms with Crippen LogP contribution in [-0.4, -0.2) is 10.9 Å². The van der Waals surface area contributed by atoms with Crippen molar-refractivity contribution in [2.45, 2.75) is 13.2 Å². The zero-order valence-corrected chi connectivity index (χ0v) is 15.4. The molecule has 3 aromatic rings. The van der Waals surface area contributed by atoms with Gasteiger partial charge >= 0.3 is 0 Å². The first-order valence-corrected chi connectivity index (χ1v) is 8.76. The Balaban J connectivity index is 1.60. The lowest BCUT2D eigenvalue weighted by molar-refractivity contribution is 0.0949. The number of amides is 1. The molecule has 6 heteroatoms. The fraction of sp³-hybridized carbons (Fsp3) is 0.100. The number of hydrogen-bond donors (Lipinski definition) is 1. The molecule has 0 spiro atoms. The van der Waals surface area contributed by atoms with Crippen LogP contribution in [0.4, 0.5) is 4.39 Å². The van der Waals surface area contributed by atoms with E-state index < -0.39 is 5.82 Å². The van der Waals surface area contributed by atoms with Gasteiger partial charge in [-0.15, -0.1) is 0 Å². The van der Waals surface area contributed by atoms with Crippen molar-refractivity contribution in [3.63, 3.8) is 0 Å². The molecule has 132 valence electrons. The van der Waals surface area contributed by atoms with Crippen molar-refractivity contribution in [3.05, 3.63) is 94.0 Å². The lowest BCUT2D eigenvalue weighted by Crippen LogP contribution is -2.23. The Morgan fingerprint density at radius 3 is 2.81 bits per heavy atom. The SMILES string of the molecule is O=C(NCc1cccc(OCc2ccccn2)c1)c1cc(F)ccc1Br. The number of nitrogens with one attached hydrogen (secondary N) is 1. The van der Waals surface area contributed by atoms with E-state index in [9.17, 15) is 9.18 Å². The lowest BCUT2D eigenvalue weighted by atomic mass is 10.2. The van der Waals surface area contributed by atoms with Crippen LogP contribution in [0.1, 0.15) is 21.6 Å². The third-order valence-corrected chi connectivity index (χ3v) is 4.33. The Bertz CT molecular complexity index is 903. The molecule has 0 aliphatic carbocycles. The summed E-state index contributed by atoms with van der Waals surface area (Å²) in [6.45, 7) is 0.676. The Kier molecular flexibility index (Phi) is 5.96. The van der Waals surface area contributed by atoms with E-state index >= 15 is 0 Å². The molecule has 26 heavy (non-hydrogen) atoms. The highest BCUT2D eigenvalue weighted by Crippen LogP contribution is 2.18. The average molecular weight is 415 g/mol.